The number of aromatic nitrogens is 2. The van der Waals surface area contributed by atoms with Crippen LogP contribution in [0.2, 0.25) is 0 Å². The van der Waals surface area contributed by atoms with Gasteiger partial charge in [0.2, 0.25) is 0 Å². The van der Waals surface area contributed by atoms with Gasteiger partial charge in [-0.25, -0.2) is 0 Å². The van der Waals surface area contributed by atoms with E-state index < -0.39 is 0 Å². The Morgan fingerprint density at radius 2 is 1.96 bits per heavy atom. The van der Waals surface area contributed by atoms with Crippen molar-refractivity contribution < 1.29 is 4.84 Å². The largest absolute Gasteiger partial charge is 0.406 e. The van der Waals surface area contributed by atoms with Crippen molar-refractivity contribution in [3.63, 3.8) is 0 Å². The molecule has 1 aromatic heterocycles. The third kappa shape index (κ3) is 4.65. The fraction of sp³-hybridized carbons (Fsp3) is 0.381. The van der Waals surface area contributed by atoms with Gasteiger partial charge in [0.25, 0.3) is 0 Å². The first-order chi connectivity index (χ1) is 12.6. The Hall–Kier alpha value is -1.85. The highest BCUT2D eigenvalue weighted by atomic mass is 79.9. The fourth-order valence-corrected chi connectivity index (χ4v) is 3.56. The predicted molar refractivity (Wildman–Crippen MR) is 110 cm³/mol. The highest BCUT2D eigenvalue weighted by Gasteiger charge is 2.19. The molecule has 5 heteroatoms. The molecule has 3 rings (SSSR count). The summed E-state index contributed by atoms with van der Waals surface area (Å²) in [7, 11) is 2.01. The highest BCUT2D eigenvalue weighted by molar-refractivity contribution is 9.10. The minimum absolute atomic E-state index is 0.299. The first kappa shape index (κ1) is 18.9. The summed E-state index contributed by atoms with van der Waals surface area (Å²) in [5, 5.41) is 10.1. The van der Waals surface area contributed by atoms with Crippen molar-refractivity contribution in [1.82, 2.24) is 15.3 Å². The molecule has 0 aliphatic heterocycles. The molecule has 3 aromatic rings. The SMILES string of the molecule is CCCC(CC(C)N(C)Oc1ccc2cn[nH]c2c1)c1ccc(Br)cc1. The standard InChI is InChI=1S/C21H26BrN3O/c1-4-5-17(16-6-9-19(22)10-7-16)12-15(2)25(3)26-20-11-8-18-14-23-24-21(18)13-20/h6-11,13-15,17H,4-5,12H2,1-3H3,(H,23,24). The summed E-state index contributed by atoms with van der Waals surface area (Å²) in [5.41, 5.74) is 2.39. The summed E-state index contributed by atoms with van der Waals surface area (Å²) in [6, 6.07) is 15.0. The maximum atomic E-state index is 6.07. The number of hydrogen-bond acceptors (Lipinski definition) is 3. The van der Waals surface area contributed by atoms with E-state index >= 15 is 0 Å². The highest BCUT2D eigenvalue weighted by Crippen LogP contribution is 2.29. The van der Waals surface area contributed by atoms with Gasteiger partial charge in [0.15, 0.2) is 0 Å². The van der Waals surface area contributed by atoms with Crippen LogP contribution >= 0.6 is 15.9 Å². The second-order valence-corrected chi connectivity index (χ2v) is 7.79. The summed E-state index contributed by atoms with van der Waals surface area (Å²) in [6.45, 7) is 4.46. The van der Waals surface area contributed by atoms with Crippen molar-refractivity contribution in [1.29, 1.82) is 0 Å². The lowest BCUT2D eigenvalue weighted by Crippen LogP contribution is -2.33. The molecule has 1 N–H and O–H groups in total. The number of benzene rings is 2. The van der Waals surface area contributed by atoms with Gasteiger partial charge in [0.05, 0.1) is 11.7 Å². The maximum Gasteiger partial charge on any atom is 0.149 e. The van der Waals surface area contributed by atoms with Gasteiger partial charge in [-0.2, -0.15) is 5.10 Å². The van der Waals surface area contributed by atoms with Gasteiger partial charge in [0.1, 0.15) is 5.75 Å². The topological polar surface area (TPSA) is 41.1 Å². The van der Waals surface area contributed by atoms with Crippen LogP contribution in [-0.2, 0) is 0 Å². The van der Waals surface area contributed by atoms with Crippen molar-refractivity contribution in [2.75, 3.05) is 7.05 Å². The molecule has 2 atom stereocenters. The predicted octanol–water partition coefficient (Wildman–Crippen LogP) is 5.91. The van der Waals surface area contributed by atoms with Gasteiger partial charge in [-0.15, -0.1) is 5.06 Å². The fourth-order valence-electron chi connectivity index (χ4n) is 3.29. The number of H-pyrrole nitrogens is 1. The number of rotatable bonds is 8. The number of halogens is 1. The Morgan fingerprint density at radius 1 is 1.19 bits per heavy atom. The quantitative estimate of drug-likeness (QED) is 0.464. The third-order valence-electron chi connectivity index (χ3n) is 4.89. The summed E-state index contributed by atoms with van der Waals surface area (Å²) < 4.78 is 1.12. The number of aromatic amines is 1. The van der Waals surface area contributed by atoms with Crippen molar-refractivity contribution in [2.45, 2.75) is 45.1 Å². The zero-order valence-electron chi connectivity index (χ0n) is 15.6. The van der Waals surface area contributed by atoms with E-state index in [2.05, 4.69) is 64.2 Å². The van der Waals surface area contributed by atoms with E-state index in [0.29, 0.717) is 12.0 Å². The van der Waals surface area contributed by atoms with Crippen LogP contribution in [0.3, 0.4) is 0 Å². The van der Waals surface area contributed by atoms with E-state index in [1.807, 2.05) is 36.5 Å². The normalized spacial score (nSPS) is 13.9. The second-order valence-electron chi connectivity index (χ2n) is 6.88. The van der Waals surface area contributed by atoms with Crippen LogP contribution in [0.5, 0.6) is 5.75 Å². The molecule has 26 heavy (non-hydrogen) atoms. The van der Waals surface area contributed by atoms with Crippen molar-refractivity contribution in [3.05, 3.63) is 58.7 Å². The number of nitrogens with zero attached hydrogens (tertiary/aromatic N) is 2. The molecule has 0 amide bonds. The van der Waals surface area contributed by atoms with Gasteiger partial charge in [0, 0.05) is 29.0 Å². The molecule has 2 aromatic carbocycles. The van der Waals surface area contributed by atoms with E-state index in [9.17, 15) is 0 Å². The zero-order chi connectivity index (χ0) is 18.5. The molecule has 0 spiro atoms. The molecule has 138 valence electrons. The summed E-state index contributed by atoms with van der Waals surface area (Å²) in [6.07, 6.45) is 5.23. The van der Waals surface area contributed by atoms with Crippen LogP contribution in [-0.4, -0.2) is 28.4 Å². The first-order valence-electron chi connectivity index (χ1n) is 9.16. The smallest absolute Gasteiger partial charge is 0.149 e. The Labute approximate surface area is 163 Å². The molecule has 0 aliphatic rings. The molecule has 0 aliphatic carbocycles. The third-order valence-corrected chi connectivity index (χ3v) is 5.42. The molecule has 0 saturated carbocycles. The minimum atomic E-state index is 0.299. The molecule has 0 saturated heterocycles. The summed E-state index contributed by atoms with van der Waals surface area (Å²) >= 11 is 3.52. The first-order valence-corrected chi connectivity index (χ1v) is 9.95. The van der Waals surface area contributed by atoms with Crippen molar-refractivity contribution >= 4 is 26.8 Å². The van der Waals surface area contributed by atoms with Gasteiger partial charge in [-0.3, -0.25) is 5.10 Å². The number of hydroxylamine groups is 2. The van der Waals surface area contributed by atoms with Crippen LogP contribution in [0, 0.1) is 0 Å². The van der Waals surface area contributed by atoms with E-state index in [0.717, 1.165) is 27.5 Å². The summed E-state index contributed by atoms with van der Waals surface area (Å²) in [5.74, 6) is 1.36. The van der Waals surface area contributed by atoms with Crippen LogP contribution in [0.15, 0.2) is 53.1 Å². The number of fused-ring (bicyclic) bond motifs is 1. The molecule has 1 heterocycles. The van der Waals surface area contributed by atoms with E-state index in [1.54, 1.807) is 0 Å². The average Bonchev–Trinajstić information content (AvgIpc) is 3.09. The number of hydrogen-bond donors (Lipinski definition) is 1. The van der Waals surface area contributed by atoms with Gasteiger partial charge < -0.3 is 4.84 Å². The van der Waals surface area contributed by atoms with Crippen molar-refractivity contribution in [2.24, 2.45) is 0 Å². The van der Waals surface area contributed by atoms with E-state index in [4.69, 9.17) is 4.84 Å². The lowest BCUT2D eigenvalue weighted by Gasteiger charge is -2.28. The molecule has 0 fully saturated rings. The molecule has 0 radical (unpaired) electrons. The number of nitrogens with one attached hydrogen (secondary N) is 1. The molecular formula is C21H26BrN3O. The maximum absolute atomic E-state index is 6.07. The van der Waals surface area contributed by atoms with Crippen LogP contribution in [0.4, 0.5) is 0 Å². The Bertz CT molecular complexity index is 831. The average molecular weight is 416 g/mol. The van der Waals surface area contributed by atoms with Crippen LogP contribution < -0.4 is 4.84 Å². The Kier molecular flexibility index (Phi) is 6.33. The molecular weight excluding hydrogens is 390 g/mol. The summed E-state index contributed by atoms with van der Waals surface area (Å²) in [4.78, 5) is 6.07. The monoisotopic (exact) mass is 415 g/mol. The Morgan fingerprint density at radius 3 is 2.69 bits per heavy atom. The Balaban J connectivity index is 1.65. The lowest BCUT2D eigenvalue weighted by atomic mass is 9.89. The van der Waals surface area contributed by atoms with Crippen molar-refractivity contribution in [3.8, 4) is 5.75 Å². The van der Waals surface area contributed by atoms with E-state index in [1.165, 1.54) is 18.4 Å². The molecule has 4 nitrogen and oxygen atoms in total. The molecule has 0 bridgehead atoms. The minimum Gasteiger partial charge on any atom is -0.406 e. The molecule has 2 unspecified atom stereocenters. The second kappa shape index (κ2) is 8.69. The van der Waals surface area contributed by atoms with E-state index in [-0.39, 0.29) is 0 Å². The van der Waals surface area contributed by atoms with Gasteiger partial charge in [-0.1, -0.05) is 41.4 Å². The van der Waals surface area contributed by atoms with Gasteiger partial charge in [-0.05, 0) is 55.5 Å². The lowest BCUT2D eigenvalue weighted by molar-refractivity contribution is -0.0690. The van der Waals surface area contributed by atoms with Crippen LogP contribution in [0.1, 0.15) is 44.6 Å². The van der Waals surface area contributed by atoms with Gasteiger partial charge >= 0.3 is 0 Å². The van der Waals surface area contributed by atoms with Crippen LogP contribution in [0.25, 0.3) is 10.9 Å². The zero-order valence-corrected chi connectivity index (χ0v) is 17.2.